The van der Waals surface area contributed by atoms with E-state index in [0.717, 1.165) is 0 Å². The van der Waals surface area contributed by atoms with Crippen molar-refractivity contribution in [1.29, 1.82) is 0 Å². The second-order valence-corrected chi connectivity index (χ2v) is 2.81. The Bertz CT molecular complexity index is 150. The molecule has 12 heavy (non-hydrogen) atoms. The number of aliphatic hydroxyl groups is 4. The van der Waals surface area contributed by atoms with Crippen LogP contribution in [-0.4, -0.2) is 57.7 Å². The van der Waals surface area contributed by atoms with E-state index in [2.05, 4.69) is 4.74 Å². The fraction of sp³-hybridized carbons (Fsp3) is 1.00. The highest BCUT2D eigenvalue weighted by Crippen LogP contribution is 2.17. The van der Waals surface area contributed by atoms with Gasteiger partial charge in [-0.15, -0.1) is 0 Å². The summed E-state index contributed by atoms with van der Waals surface area (Å²) >= 11 is 0. The van der Waals surface area contributed by atoms with Crippen molar-refractivity contribution in [3.8, 4) is 0 Å². The van der Waals surface area contributed by atoms with Crippen LogP contribution in [0.1, 0.15) is 0 Å². The topological polar surface area (TPSA) is 116 Å². The van der Waals surface area contributed by atoms with Gasteiger partial charge in [-0.2, -0.15) is 0 Å². The minimum absolute atomic E-state index is 0.446. The molecule has 0 radical (unpaired) electrons. The molecule has 1 saturated heterocycles. The Morgan fingerprint density at radius 1 is 1.17 bits per heavy atom. The van der Waals surface area contributed by atoms with Gasteiger partial charge in [-0.05, 0) is 0 Å². The first-order chi connectivity index (χ1) is 5.57. The highest BCUT2D eigenvalue weighted by molar-refractivity contribution is 4.90. The standard InChI is InChI=1S/C6H13NO5/c7-3-4(9)2(1-8)12-6(11)5(3)10/h2-6,8-11H,1,7H2/t2?,3-,4-,5?,6-/m1/s1. The summed E-state index contributed by atoms with van der Waals surface area (Å²) < 4.78 is 4.66. The molecule has 0 aliphatic carbocycles. The zero-order valence-corrected chi connectivity index (χ0v) is 6.37. The Morgan fingerprint density at radius 2 is 1.75 bits per heavy atom. The van der Waals surface area contributed by atoms with Crippen LogP contribution in [0.5, 0.6) is 0 Å². The second kappa shape index (κ2) is 3.65. The third-order valence-electron chi connectivity index (χ3n) is 1.96. The van der Waals surface area contributed by atoms with Gasteiger partial charge < -0.3 is 30.9 Å². The average molecular weight is 179 g/mol. The number of hydrogen-bond donors (Lipinski definition) is 5. The van der Waals surface area contributed by atoms with Gasteiger partial charge in [-0.1, -0.05) is 0 Å². The van der Waals surface area contributed by atoms with Gasteiger partial charge >= 0.3 is 0 Å². The van der Waals surface area contributed by atoms with E-state index >= 15 is 0 Å². The number of nitrogens with two attached hydrogens (primary N) is 1. The molecule has 5 atom stereocenters. The van der Waals surface area contributed by atoms with E-state index in [0.29, 0.717) is 0 Å². The van der Waals surface area contributed by atoms with Gasteiger partial charge in [-0.25, -0.2) is 0 Å². The van der Waals surface area contributed by atoms with Gasteiger partial charge in [0, 0.05) is 0 Å². The lowest BCUT2D eigenvalue weighted by Gasteiger charge is -2.38. The Labute approximate surface area is 69.2 Å². The van der Waals surface area contributed by atoms with Gasteiger partial charge in [-0.3, -0.25) is 0 Å². The molecular weight excluding hydrogens is 166 g/mol. The summed E-state index contributed by atoms with van der Waals surface area (Å²) in [7, 11) is 0. The number of rotatable bonds is 1. The number of hydrogen-bond acceptors (Lipinski definition) is 6. The predicted molar refractivity (Wildman–Crippen MR) is 38.0 cm³/mol. The van der Waals surface area contributed by atoms with Gasteiger partial charge in [0.2, 0.25) is 0 Å². The van der Waals surface area contributed by atoms with Gasteiger partial charge in [0.15, 0.2) is 6.29 Å². The average Bonchev–Trinajstić information content (AvgIpc) is 2.08. The number of aliphatic hydroxyl groups excluding tert-OH is 4. The maximum atomic E-state index is 9.24. The summed E-state index contributed by atoms with van der Waals surface area (Å²) in [6.07, 6.45) is -4.85. The van der Waals surface area contributed by atoms with Crippen molar-refractivity contribution in [2.45, 2.75) is 30.6 Å². The van der Waals surface area contributed by atoms with Crippen LogP contribution in [0.15, 0.2) is 0 Å². The van der Waals surface area contributed by atoms with E-state index in [1.165, 1.54) is 0 Å². The molecule has 0 aromatic rings. The van der Waals surface area contributed by atoms with Crippen molar-refractivity contribution in [3.05, 3.63) is 0 Å². The zero-order valence-electron chi connectivity index (χ0n) is 6.37. The van der Waals surface area contributed by atoms with Crippen LogP contribution in [0, 0.1) is 0 Å². The highest BCUT2D eigenvalue weighted by atomic mass is 16.6. The smallest absolute Gasteiger partial charge is 0.183 e. The molecule has 1 heterocycles. The van der Waals surface area contributed by atoms with Crippen LogP contribution in [0.3, 0.4) is 0 Å². The van der Waals surface area contributed by atoms with E-state index in [4.69, 9.17) is 21.1 Å². The summed E-state index contributed by atoms with van der Waals surface area (Å²) in [6.45, 7) is -0.446. The third kappa shape index (κ3) is 1.58. The molecule has 0 aromatic heterocycles. The van der Waals surface area contributed by atoms with Crippen molar-refractivity contribution < 1.29 is 25.2 Å². The van der Waals surface area contributed by atoms with Crippen molar-refractivity contribution in [2.75, 3.05) is 6.61 Å². The maximum Gasteiger partial charge on any atom is 0.183 e. The summed E-state index contributed by atoms with van der Waals surface area (Å²) in [5.41, 5.74) is 5.33. The molecule has 6 heteroatoms. The molecule has 0 aromatic carbocycles. The summed E-state index contributed by atoms with van der Waals surface area (Å²) in [6, 6.07) is -0.995. The zero-order chi connectivity index (χ0) is 9.30. The molecule has 0 saturated carbocycles. The number of ether oxygens (including phenoxy) is 1. The minimum Gasteiger partial charge on any atom is -0.394 e. The molecule has 2 unspecified atom stereocenters. The molecule has 6 N–H and O–H groups in total. The Balaban J connectivity index is 2.63. The molecule has 6 nitrogen and oxygen atoms in total. The SMILES string of the molecule is N[C@H]1C(O)[C@H](O)OC(CO)[C@H]1O. The van der Waals surface area contributed by atoms with E-state index in [1.54, 1.807) is 0 Å². The molecule has 72 valence electrons. The van der Waals surface area contributed by atoms with E-state index in [1.807, 2.05) is 0 Å². The minimum atomic E-state index is -1.44. The molecule has 0 bridgehead atoms. The molecule has 0 spiro atoms. The monoisotopic (exact) mass is 179 g/mol. The summed E-state index contributed by atoms with van der Waals surface area (Å²) in [5, 5.41) is 36.0. The van der Waals surface area contributed by atoms with Crippen molar-refractivity contribution in [1.82, 2.24) is 0 Å². The first kappa shape index (κ1) is 9.85. The Hall–Kier alpha value is -0.240. The lowest BCUT2D eigenvalue weighted by atomic mass is 9.97. The largest absolute Gasteiger partial charge is 0.394 e. The van der Waals surface area contributed by atoms with Gasteiger partial charge in [0.05, 0.1) is 12.6 Å². The van der Waals surface area contributed by atoms with Crippen LogP contribution < -0.4 is 5.73 Å². The Kier molecular flexibility index (Phi) is 2.99. The lowest BCUT2D eigenvalue weighted by Crippen LogP contribution is -2.62. The predicted octanol–water partition coefficient (Wildman–Crippen LogP) is -3.26. The first-order valence-corrected chi connectivity index (χ1v) is 3.64. The van der Waals surface area contributed by atoms with Crippen LogP contribution in [0.4, 0.5) is 0 Å². The maximum absolute atomic E-state index is 9.24. The molecular formula is C6H13NO5. The molecule has 1 aliphatic rings. The molecule has 0 amide bonds. The fourth-order valence-corrected chi connectivity index (χ4v) is 1.13. The van der Waals surface area contributed by atoms with Gasteiger partial charge in [0.1, 0.15) is 18.3 Å². The van der Waals surface area contributed by atoms with Crippen molar-refractivity contribution in [2.24, 2.45) is 5.73 Å². The quantitative estimate of drug-likeness (QED) is 0.288. The van der Waals surface area contributed by atoms with E-state index in [9.17, 15) is 5.11 Å². The molecule has 1 fully saturated rings. The molecule has 1 rings (SSSR count). The first-order valence-electron chi connectivity index (χ1n) is 3.64. The van der Waals surface area contributed by atoms with E-state index < -0.39 is 37.3 Å². The van der Waals surface area contributed by atoms with Crippen LogP contribution in [0.25, 0.3) is 0 Å². The van der Waals surface area contributed by atoms with Crippen molar-refractivity contribution >= 4 is 0 Å². The van der Waals surface area contributed by atoms with Crippen molar-refractivity contribution in [3.63, 3.8) is 0 Å². The molecule has 1 aliphatic heterocycles. The summed E-state index contributed by atoms with van der Waals surface area (Å²) in [4.78, 5) is 0. The third-order valence-corrected chi connectivity index (χ3v) is 1.96. The summed E-state index contributed by atoms with van der Waals surface area (Å²) in [5.74, 6) is 0. The fourth-order valence-electron chi connectivity index (χ4n) is 1.13. The van der Waals surface area contributed by atoms with Crippen LogP contribution >= 0.6 is 0 Å². The van der Waals surface area contributed by atoms with Crippen LogP contribution in [-0.2, 0) is 4.74 Å². The van der Waals surface area contributed by atoms with Crippen LogP contribution in [0.2, 0.25) is 0 Å². The van der Waals surface area contributed by atoms with Gasteiger partial charge in [0.25, 0.3) is 0 Å². The highest BCUT2D eigenvalue weighted by Gasteiger charge is 2.41. The van der Waals surface area contributed by atoms with E-state index in [-0.39, 0.29) is 0 Å². The normalized spacial score (nSPS) is 49.2. The second-order valence-electron chi connectivity index (χ2n) is 2.81. The lowest BCUT2D eigenvalue weighted by molar-refractivity contribution is -0.258. The Morgan fingerprint density at radius 3 is 2.25 bits per heavy atom.